The van der Waals surface area contributed by atoms with Crippen LogP contribution in [-0.2, 0) is 9.59 Å². The lowest BCUT2D eigenvalue weighted by molar-refractivity contribution is -0.129. The van der Waals surface area contributed by atoms with Crippen LogP contribution in [0.2, 0.25) is 0 Å². The molecule has 66 heavy (non-hydrogen) atoms. The summed E-state index contributed by atoms with van der Waals surface area (Å²) in [5.41, 5.74) is 4.27. The molecule has 3 heterocycles. The van der Waals surface area contributed by atoms with E-state index < -0.39 is 0 Å². The summed E-state index contributed by atoms with van der Waals surface area (Å²) in [7, 11) is 1.66. The van der Waals surface area contributed by atoms with E-state index >= 15 is 0 Å². The number of hydrogen-bond donors (Lipinski definition) is 3. The van der Waals surface area contributed by atoms with Crippen LogP contribution in [0.3, 0.4) is 0 Å². The van der Waals surface area contributed by atoms with Gasteiger partial charge in [0, 0.05) is 74.2 Å². The molecule has 4 aromatic rings. The van der Waals surface area contributed by atoms with E-state index in [1.165, 1.54) is 126 Å². The molecule has 9 rings (SSSR count). The number of carbonyl (C=O) groups excluding carboxylic acids is 2. The summed E-state index contributed by atoms with van der Waals surface area (Å²) in [5, 5.41) is 10.1. The Morgan fingerprint density at radius 1 is 0.818 bits per heavy atom. The van der Waals surface area contributed by atoms with E-state index in [1.54, 1.807) is 43.6 Å². The molecular weight excluding hydrogens is 825 g/mol. The van der Waals surface area contributed by atoms with E-state index in [0.717, 1.165) is 85.6 Å². The number of carbonyl (C=O) groups is 2. The summed E-state index contributed by atoms with van der Waals surface area (Å²) in [6.07, 6.45) is 27.7. The van der Waals surface area contributed by atoms with Gasteiger partial charge >= 0.3 is 0 Å². The Hall–Kier alpha value is -5.23. The van der Waals surface area contributed by atoms with Gasteiger partial charge in [0.2, 0.25) is 17.8 Å². The first-order valence-electron chi connectivity index (χ1n) is 25.3. The summed E-state index contributed by atoms with van der Waals surface area (Å²) < 4.78 is 7.37. The molecule has 4 aliphatic carbocycles. The van der Waals surface area contributed by atoms with Gasteiger partial charge in [0.15, 0.2) is 5.65 Å². The number of ether oxygens (including phenoxy) is 1. The van der Waals surface area contributed by atoms with Gasteiger partial charge in [-0.15, -0.1) is 0 Å². The second kappa shape index (κ2) is 22.5. The van der Waals surface area contributed by atoms with Crippen LogP contribution in [-0.4, -0.2) is 77.6 Å². The summed E-state index contributed by atoms with van der Waals surface area (Å²) in [4.78, 5) is 52.6. The van der Waals surface area contributed by atoms with Crippen LogP contribution in [0.5, 0.6) is 5.75 Å². The van der Waals surface area contributed by atoms with Crippen LogP contribution in [0.25, 0.3) is 16.7 Å². The Labute approximate surface area is 392 Å². The zero-order valence-electron chi connectivity index (χ0n) is 39.8. The van der Waals surface area contributed by atoms with E-state index in [0.29, 0.717) is 40.0 Å². The number of unbranched alkanes of at least 4 members (excludes halogenated alkanes) is 11. The molecule has 5 aliphatic rings. The highest BCUT2D eigenvalue weighted by Crippen LogP contribution is 2.61. The maximum atomic E-state index is 13.4. The molecule has 354 valence electrons. The Balaban J connectivity index is 0.685. The number of amides is 2. The summed E-state index contributed by atoms with van der Waals surface area (Å²) in [6.45, 7) is 11.5. The van der Waals surface area contributed by atoms with Crippen LogP contribution in [0, 0.1) is 30.1 Å². The highest BCUT2D eigenvalue weighted by Gasteiger charge is 2.51. The number of fused-ring (bicyclic) bond motifs is 1. The van der Waals surface area contributed by atoms with Crippen LogP contribution in [0.4, 0.5) is 23.0 Å². The number of methoxy groups -OCH3 is 1. The number of benzene rings is 2. The quantitative estimate of drug-likeness (QED) is 0.0464. The lowest BCUT2D eigenvalue weighted by Gasteiger charge is -2.56. The fourth-order valence-electron chi connectivity index (χ4n) is 12.2. The first-order valence-corrected chi connectivity index (χ1v) is 25.3. The standard InChI is InChI=1S/C54H74N8O4/c1-4-49(63)57-43-18-17-19-45(32-43)62-51(65)28-39(2)46-38-56-53(59-52(46)62)58-47-21-20-44(33-48(47)66-3)61-26-24-60(25-27-61)23-16-14-12-10-8-6-5-7-9-11-13-15-22-55-50(64)37-54-34-40-29-41(35-54)31-42(30-40)36-54/h4,17-21,28,32-33,38,40-42H,1,5-16,22-27,29-31,34-37H2,2-3H3,(H,55,64)(H,57,63)(H,56,58,59). The van der Waals surface area contributed by atoms with Crippen molar-refractivity contribution >= 4 is 45.9 Å². The fraction of sp³-hybridized carbons (Fsp3) is 0.574. The van der Waals surface area contributed by atoms with E-state index in [2.05, 4.69) is 49.4 Å². The monoisotopic (exact) mass is 899 g/mol. The minimum atomic E-state index is -0.337. The molecule has 0 atom stereocenters. The van der Waals surface area contributed by atoms with Crippen LogP contribution in [0.15, 0.2) is 72.2 Å². The predicted octanol–water partition coefficient (Wildman–Crippen LogP) is 10.5. The Bertz CT molecular complexity index is 2320. The SMILES string of the molecule is C=CC(=O)Nc1cccc(-n2c(=O)cc(C)c3cnc(Nc4ccc(N5CCN(CCCCCCCCCCCCCCNC(=O)CC67CC8CC(CC(C8)C6)C7)CC5)cc4OC)nc32)c1. The van der Waals surface area contributed by atoms with Gasteiger partial charge in [-0.2, -0.15) is 4.98 Å². The lowest BCUT2D eigenvalue weighted by Crippen LogP contribution is -2.48. The fourth-order valence-corrected chi connectivity index (χ4v) is 12.2. The maximum Gasteiger partial charge on any atom is 0.257 e. The minimum absolute atomic E-state index is 0.242. The average Bonchev–Trinajstić information content (AvgIpc) is 3.30. The lowest BCUT2D eigenvalue weighted by atomic mass is 9.49. The van der Waals surface area contributed by atoms with Crippen molar-refractivity contribution in [3.63, 3.8) is 0 Å². The third kappa shape index (κ3) is 12.2. The zero-order chi connectivity index (χ0) is 45.9. The number of aromatic nitrogens is 3. The molecule has 5 fully saturated rings. The molecular formula is C54H74N8O4. The third-order valence-electron chi connectivity index (χ3n) is 15.1. The Morgan fingerprint density at radius 2 is 1.47 bits per heavy atom. The van der Waals surface area contributed by atoms with Crippen molar-refractivity contribution in [3.05, 3.63) is 83.3 Å². The number of pyridine rings is 1. The molecule has 4 bridgehead atoms. The van der Waals surface area contributed by atoms with E-state index in [4.69, 9.17) is 9.72 Å². The topological polar surface area (TPSA) is 134 Å². The first kappa shape index (κ1) is 47.3. The van der Waals surface area contributed by atoms with Crippen LogP contribution in [0.1, 0.15) is 128 Å². The number of anilines is 4. The summed E-state index contributed by atoms with van der Waals surface area (Å²) in [5.74, 6) is 3.76. The molecule has 4 saturated carbocycles. The van der Waals surface area contributed by atoms with Crippen molar-refractivity contribution < 1.29 is 14.3 Å². The van der Waals surface area contributed by atoms with Crippen molar-refractivity contribution in [2.24, 2.45) is 23.2 Å². The maximum absolute atomic E-state index is 13.4. The molecule has 1 aliphatic heterocycles. The van der Waals surface area contributed by atoms with E-state index in [-0.39, 0.29) is 11.5 Å². The highest BCUT2D eigenvalue weighted by molar-refractivity contribution is 5.99. The molecule has 2 aromatic carbocycles. The number of nitrogens with zero attached hydrogens (tertiary/aromatic N) is 5. The highest BCUT2D eigenvalue weighted by atomic mass is 16.5. The normalized spacial score (nSPS) is 21.2. The van der Waals surface area contributed by atoms with Crippen molar-refractivity contribution in [3.8, 4) is 11.4 Å². The van der Waals surface area contributed by atoms with Gasteiger partial charge in [0.1, 0.15) is 5.75 Å². The number of aryl methyl sites for hydroxylation is 1. The minimum Gasteiger partial charge on any atom is -0.494 e. The van der Waals surface area contributed by atoms with Crippen molar-refractivity contribution in [1.82, 2.24) is 24.8 Å². The number of hydrogen-bond acceptors (Lipinski definition) is 9. The third-order valence-corrected chi connectivity index (χ3v) is 15.1. The average molecular weight is 899 g/mol. The largest absolute Gasteiger partial charge is 0.494 e. The first-order chi connectivity index (χ1) is 32.2. The van der Waals surface area contributed by atoms with E-state index in [9.17, 15) is 14.4 Å². The summed E-state index contributed by atoms with van der Waals surface area (Å²) in [6, 6.07) is 14.8. The van der Waals surface area contributed by atoms with Gasteiger partial charge in [0.05, 0.1) is 18.5 Å². The smallest absolute Gasteiger partial charge is 0.257 e. The number of piperazine rings is 1. The number of rotatable bonds is 24. The second-order valence-corrected chi connectivity index (χ2v) is 20.2. The van der Waals surface area contributed by atoms with Gasteiger partial charge in [-0.1, -0.05) is 76.9 Å². The van der Waals surface area contributed by atoms with Crippen molar-refractivity contribution in [2.45, 2.75) is 129 Å². The van der Waals surface area contributed by atoms with Crippen molar-refractivity contribution in [2.75, 3.05) is 61.9 Å². The van der Waals surface area contributed by atoms with Crippen LogP contribution >= 0.6 is 0 Å². The molecule has 2 amide bonds. The van der Waals surface area contributed by atoms with Gasteiger partial charge in [0.25, 0.3) is 5.56 Å². The molecule has 3 N–H and O–H groups in total. The van der Waals surface area contributed by atoms with Crippen molar-refractivity contribution in [1.29, 1.82) is 0 Å². The van der Waals surface area contributed by atoms with Gasteiger partial charge < -0.3 is 25.6 Å². The van der Waals surface area contributed by atoms with Gasteiger partial charge in [-0.25, -0.2) is 4.98 Å². The molecule has 12 heteroatoms. The van der Waals surface area contributed by atoms with Gasteiger partial charge in [-0.3, -0.25) is 23.9 Å². The Kier molecular flexibility index (Phi) is 16.1. The molecule has 0 radical (unpaired) electrons. The van der Waals surface area contributed by atoms with Crippen LogP contribution < -0.4 is 31.1 Å². The molecule has 12 nitrogen and oxygen atoms in total. The van der Waals surface area contributed by atoms with E-state index in [1.807, 2.05) is 13.0 Å². The molecule has 2 aromatic heterocycles. The Morgan fingerprint density at radius 3 is 2.12 bits per heavy atom. The second-order valence-electron chi connectivity index (χ2n) is 20.2. The number of nitrogens with one attached hydrogen (secondary N) is 3. The van der Waals surface area contributed by atoms with Gasteiger partial charge in [-0.05, 0) is 130 Å². The molecule has 0 unspecified atom stereocenters. The molecule has 0 spiro atoms. The molecule has 1 saturated heterocycles. The zero-order valence-corrected chi connectivity index (χ0v) is 39.8. The summed E-state index contributed by atoms with van der Waals surface area (Å²) >= 11 is 0. The predicted molar refractivity (Wildman–Crippen MR) is 267 cm³/mol.